The van der Waals surface area contributed by atoms with Gasteiger partial charge in [0.25, 0.3) is 0 Å². The Balaban J connectivity index is 1.43. The highest BCUT2D eigenvalue weighted by Crippen LogP contribution is 2.35. The smallest absolute Gasteiger partial charge is 0.231 e. The lowest BCUT2D eigenvalue weighted by Gasteiger charge is -2.49. The van der Waals surface area contributed by atoms with Crippen molar-refractivity contribution in [1.29, 1.82) is 0 Å². The fourth-order valence-electron chi connectivity index (χ4n) is 7.68. The average molecular weight is 691 g/mol. The monoisotopic (exact) mass is 688 g/mol. The molecule has 0 aromatic carbocycles. The SMILES string of the molecule is CC1(C)CC(N(CCCCCCN(c2nc(Cl)nc(Cl)n2)C2CC(C)(C)NC(C)(C)C2)c2nc(Cl)nc(Cl)n2)CC(C)(C)N1. The van der Waals surface area contributed by atoms with E-state index >= 15 is 0 Å². The van der Waals surface area contributed by atoms with Gasteiger partial charge in [0.15, 0.2) is 0 Å². The zero-order valence-corrected chi connectivity index (χ0v) is 30.3. The third-order valence-corrected chi connectivity index (χ3v) is 9.09. The van der Waals surface area contributed by atoms with Crippen LogP contribution in [-0.4, -0.2) is 77.2 Å². The fourth-order valence-corrected chi connectivity index (χ4v) is 8.39. The van der Waals surface area contributed by atoms with Crippen LogP contribution in [0.2, 0.25) is 21.1 Å². The van der Waals surface area contributed by atoms with Gasteiger partial charge in [0.1, 0.15) is 0 Å². The summed E-state index contributed by atoms with van der Waals surface area (Å²) < 4.78 is 0. The lowest BCUT2D eigenvalue weighted by Crippen LogP contribution is -2.62. The number of nitrogens with zero attached hydrogens (tertiary/aromatic N) is 8. The summed E-state index contributed by atoms with van der Waals surface area (Å²) in [7, 11) is 0. The highest BCUT2D eigenvalue weighted by Gasteiger charge is 2.42. The van der Waals surface area contributed by atoms with Crippen molar-refractivity contribution in [2.75, 3.05) is 22.9 Å². The molecule has 0 bridgehead atoms. The van der Waals surface area contributed by atoms with Gasteiger partial charge in [-0.25, -0.2) is 0 Å². The van der Waals surface area contributed by atoms with Crippen LogP contribution in [0, 0.1) is 0 Å². The summed E-state index contributed by atoms with van der Waals surface area (Å²) >= 11 is 24.9. The molecule has 0 amide bonds. The minimum Gasteiger partial charge on any atom is -0.338 e. The topological polar surface area (TPSA) is 108 Å². The lowest BCUT2D eigenvalue weighted by atomic mass is 9.79. The van der Waals surface area contributed by atoms with E-state index in [-0.39, 0.29) is 55.4 Å². The van der Waals surface area contributed by atoms with Crippen molar-refractivity contribution >= 4 is 58.3 Å². The number of hydrogen-bond donors (Lipinski definition) is 2. The van der Waals surface area contributed by atoms with E-state index in [4.69, 9.17) is 46.4 Å². The van der Waals surface area contributed by atoms with Gasteiger partial charge in [0.05, 0.1) is 0 Å². The molecule has 4 rings (SSSR count). The van der Waals surface area contributed by atoms with Gasteiger partial charge in [-0.05, 0) is 140 Å². The zero-order valence-electron chi connectivity index (χ0n) is 27.3. The molecule has 4 heterocycles. The molecular formula is C30H48Cl4N10. The van der Waals surface area contributed by atoms with Crippen LogP contribution in [-0.2, 0) is 0 Å². The molecule has 0 aliphatic carbocycles. The second-order valence-electron chi connectivity index (χ2n) is 15.1. The third kappa shape index (κ3) is 10.1. The minimum absolute atomic E-state index is 0.0344. The standard InChI is InChI=1S/C30H48Cl4N10/c1-27(2)15-19(16-28(3,4)41-27)43(25-37-21(31)35-22(32)38-25)13-11-9-10-12-14-44(26-39-23(33)36-24(34)40-26)20-17-29(5,6)42-30(7,8)18-20/h19-20,41-42H,9-18H2,1-8H3. The van der Waals surface area contributed by atoms with Gasteiger partial charge in [-0.15, -0.1) is 0 Å². The van der Waals surface area contributed by atoms with Gasteiger partial charge in [0.2, 0.25) is 33.0 Å². The Kier molecular flexibility index (Phi) is 11.2. The van der Waals surface area contributed by atoms with E-state index in [1.165, 1.54) is 0 Å². The molecule has 14 heteroatoms. The van der Waals surface area contributed by atoms with E-state index in [1.807, 2.05) is 0 Å². The van der Waals surface area contributed by atoms with Crippen LogP contribution in [0.5, 0.6) is 0 Å². The van der Waals surface area contributed by atoms with Gasteiger partial charge >= 0.3 is 0 Å². The molecule has 2 aromatic rings. The first-order valence-corrected chi connectivity index (χ1v) is 17.1. The molecular weight excluding hydrogens is 642 g/mol. The quantitative estimate of drug-likeness (QED) is 0.236. The Morgan fingerprint density at radius 2 is 0.773 bits per heavy atom. The summed E-state index contributed by atoms with van der Waals surface area (Å²) in [5.74, 6) is 1.08. The Hall–Kier alpha value is -1.30. The van der Waals surface area contributed by atoms with E-state index in [0.717, 1.165) is 64.5 Å². The molecule has 2 saturated heterocycles. The van der Waals surface area contributed by atoms with Crippen molar-refractivity contribution in [3.8, 4) is 0 Å². The van der Waals surface area contributed by atoms with Crippen molar-refractivity contribution in [3.63, 3.8) is 0 Å². The highest BCUT2D eigenvalue weighted by atomic mass is 35.5. The summed E-state index contributed by atoms with van der Waals surface area (Å²) in [6.45, 7) is 19.6. The predicted molar refractivity (Wildman–Crippen MR) is 181 cm³/mol. The van der Waals surface area contributed by atoms with Gasteiger partial charge in [-0.1, -0.05) is 12.8 Å². The third-order valence-electron chi connectivity index (χ3n) is 8.42. The van der Waals surface area contributed by atoms with Crippen molar-refractivity contribution in [2.45, 2.75) is 141 Å². The maximum absolute atomic E-state index is 6.22. The summed E-state index contributed by atoms with van der Waals surface area (Å²) in [6.07, 6.45) is 7.83. The van der Waals surface area contributed by atoms with Crippen LogP contribution < -0.4 is 20.4 Å². The van der Waals surface area contributed by atoms with Gasteiger partial charge in [-0.2, -0.15) is 29.9 Å². The van der Waals surface area contributed by atoms with Gasteiger partial charge < -0.3 is 20.4 Å². The van der Waals surface area contributed by atoms with Crippen molar-refractivity contribution in [1.82, 2.24) is 40.5 Å². The largest absolute Gasteiger partial charge is 0.338 e. The van der Waals surface area contributed by atoms with Gasteiger partial charge in [0, 0.05) is 47.3 Å². The first-order valence-electron chi connectivity index (χ1n) is 15.6. The maximum atomic E-state index is 6.22. The van der Waals surface area contributed by atoms with Crippen molar-refractivity contribution in [3.05, 3.63) is 21.1 Å². The number of halogens is 4. The molecule has 0 spiro atoms. The summed E-state index contributed by atoms with van der Waals surface area (Å²) in [5, 5.41) is 7.99. The number of nitrogens with one attached hydrogen (secondary N) is 2. The van der Waals surface area contributed by atoms with Crippen LogP contribution in [0.1, 0.15) is 107 Å². The van der Waals surface area contributed by atoms with Crippen molar-refractivity contribution < 1.29 is 0 Å². The van der Waals surface area contributed by atoms with Crippen LogP contribution in [0.25, 0.3) is 0 Å². The molecule has 0 atom stereocenters. The zero-order chi connectivity index (χ0) is 32.5. The number of unbranched alkanes of at least 4 members (excludes halogenated alkanes) is 3. The van der Waals surface area contributed by atoms with E-state index in [9.17, 15) is 0 Å². The second-order valence-corrected chi connectivity index (χ2v) is 16.4. The molecule has 246 valence electrons. The second kappa shape index (κ2) is 13.8. The lowest BCUT2D eigenvalue weighted by molar-refractivity contribution is 0.156. The summed E-state index contributed by atoms with van der Waals surface area (Å²) in [6, 6.07) is 0.465. The van der Waals surface area contributed by atoms with Crippen LogP contribution in [0.3, 0.4) is 0 Å². The number of aromatic nitrogens is 6. The highest BCUT2D eigenvalue weighted by molar-refractivity contribution is 6.31. The first kappa shape index (κ1) is 35.6. The molecule has 2 N–H and O–H groups in total. The van der Waals surface area contributed by atoms with Crippen LogP contribution in [0.4, 0.5) is 11.9 Å². The first-order chi connectivity index (χ1) is 20.3. The van der Waals surface area contributed by atoms with E-state index < -0.39 is 0 Å². The molecule has 2 aliphatic heterocycles. The van der Waals surface area contributed by atoms with E-state index in [0.29, 0.717) is 11.9 Å². The molecule has 44 heavy (non-hydrogen) atoms. The number of rotatable bonds is 11. The maximum Gasteiger partial charge on any atom is 0.231 e. The van der Waals surface area contributed by atoms with Crippen LogP contribution >= 0.6 is 46.4 Å². The normalized spacial score (nSPS) is 21.3. The molecule has 0 unspecified atom stereocenters. The summed E-state index contributed by atoms with van der Waals surface area (Å²) in [5.41, 5.74) is -0.138. The Labute approximate surface area is 282 Å². The van der Waals surface area contributed by atoms with E-state index in [2.05, 4.69) is 106 Å². The van der Waals surface area contributed by atoms with Crippen LogP contribution in [0.15, 0.2) is 0 Å². The van der Waals surface area contributed by atoms with Gasteiger partial charge in [-0.3, -0.25) is 0 Å². The summed E-state index contributed by atoms with van der Waals surface area (Å²) in [4.78, 5) is 30.4. The molecule has 2 aliphatic rings. The Morgan fingerprint density at radius 3 is 1.05 bits per heavy atom. The number of piperidine rings is 2. The average Bonchev–Trinajstić information content (AvgIpc) is 2.80. The minimum atomic E-state index is -0.0344. The molecule has 2 aromatic heterocycles. The molecule has 10 nitrogen and oxygen atoms in total. The molecule has 0 saturated carbocycles. The fraction of sp³-hybridized carbons (Fsp3) is 0.800. The van der Waals surface area contributed by atoms with E-state index in [1.54, 1.807) is 0 Å². The molecule has 0 radical (unpaired) electrons. The predicted octanol–water partition coefficient (Wildman–Crippen LogP) is 7.16. The number of hydrogen-bond acceptors (Lipinski definition) is 10. The Morgan fingerprint density at radius 1 is 0.500 bits per heavy atom. The number of anilines is 2. The molecule has 2 fully saturated rings. The Bertz CT molecular complexity index is 1120. The van der Waals surface area contributed by atoms with Crippen molar-refractivity contribution in [2.24, 2.45) is 0 Å².